The van der Waals surface area contributed by atoms with Crippen molar-refractivity contribution in [3.8, 4) is 0 Å². The largest absolute Gasteiger partial charge is 0.466 e. The number of rotatable bonds is 4. The number of aliphatic hydroxyl groups is 1. The molecule has 5 heteroatoms. The van der Waals surface area contributed by atoms with Crippen LogP contribution in [0.25, 0.3) is 0 Å². The Hall–Kier alpha value is -1.49. The summed E-state index contributed by atoms with van der Waals surface area (Å²) in [4.78, 5) is 11.5. The fourth-order valence-electron chi connectivity index (χ4n) is 1.67. The van der Waals surface area contributed by atoms with E-state index in [9.17, 15) is 9.90 Å². The van der Waals surface area contributed by atoms with Crippen molar-refractivity contribution in [2.24, 2.45) is 5.92 Å². The summed E-state index contributed by atoms with van der Waals surface area (Å²) in [5.41, 5.74) is -1.18. The monoisotopic (exact) mass is 238 g/mol. The molecule has 3 atom stereocenters. The third-order valence-corrected chi connectivity index (χ3v) is 3.07. The quantitative estimate of drug-likeness (QED) is 0.737. The molecule has 1 heterocycles. The number of hydrogen-bond acceptors (Lipinski definition) is 3. The molecule has 0 aromatic carbocycles. The summed E-state index contributed by atoms with van der Waals surface area (Å²) in [6.45, 7) is 3.81. The number of carbonyl (C=O) groups excluding carboxylic acids is 1. The molecule has 0 spiro atoms. The third kappa shape index (κ3) is 3.00. The van der Waals surface area contributed by atoms with Crippen molar-refractivity contribution >= 4 is 6.03 Å². The number of carbonyl (C=O) groups is 1. The molecular formula is C12H18N2O3. The second kappa shape index (κ2) is 4.41. The lowest BCUT2D eigenvalue weighted by molar-refractivity contribution is 0.0367. The first-order valence-corrected chi connectivity index (χ1v) is 5.80. The van der Waals surface area contributed by atoms with E-state index in [1.807, 2.05) is 0 Å². The Balaban J connectivity index is 1.79. The number of furan rings is 1. The van der Waals surface area contributed by atoms with Gasteiger partial charge < -0.3 is 20.2 Å². The predicted octanol–water partition coefficient (Wildman–Crippen LogP) is 1.19. The van der Waals surface area contributed by atoms with Gasteiger partial charge in [0.1, 0.15) is 11.4 Å². The van der Waals surface area contributed by atoms with E-state index < -0.39 is 5.60 Å². The minimum Gasteiger partial charge on any atom is -0.466 e. The Morgan fingerprint density at radius 3 is 2.94 bits per heavy atom. The Labute approximate surface area is 100 Å². The van der Waals surface area contributed by atoms with Crippen molar-refractivity contribution in [2.75, 3.05) is 6.54 Å². The van der Waals surface area contributed by atoms with Gasteiger partial charge >= 0.3 is 6.03 Å². The predicted molar refractivity (Wildman–Crippen MR) is 62.4 cm³/mol. The van der Waals surface area contributed by atoms with Gasteiger partial charge in [-0.25, -0.2) is 4.79 Å². The number of nitrogens with one attached hydrogen (secondary N) is 2. The van der Waals surface area contributed by atoms with Crippen molar-refractivity contribution in [2.45, 2.75) is 31.9 Å². The Bertz CT molecular complexity index is 386. The highest BCUT2D eigenvalue weighted by atomic mass is 16.4. The number of hydrogen-bond donors (Lipinski definition) is 3. The normalized spacial score (nSPS) is 26.1. The first-order chi connectivity index (χ1) is 7.99. The minimum absolute atomic E-state index is 0.118. The zero-order chi connectivity index (χ0) is 12.5. The summed E-state index contributed by atoms with van der Waals surface area (Å²) in [5, 5.41) is 15.6. The molecule has 3 unspecified atom stereocenters. The average molecular weight is 238 g/mol. The second-order valence-electron chi connectivity index (χ2n) is 4.90. The van der Waals surface area contributed by atoms with Gasteiger partial charge in [0.25, 0.3) is 0 Å². The van der Waals surface area contributed by atoms with Crippen LogP contribution >= 0.6 is 0 Å². The van der Waals surface area contributed by atoms with E-state index in [2.05, 4.69) is 17.6 Å². The summed E-state index contributed by atoms with van der Waals surface area (Å²) >= 11 is 0. The first-order valence-electron chi connectivity index (χ1n) is 5.80. The van der Waals surface area contributed by atoms with Crippen LogP contribution in [-0.4, -0.2) is 23.7 Å². The van der Waals surface area contributed by atoms with E-state index in [0.717, 1.165) is 6.42 Å². The van der Waals surface area contributed by atoms with Gasteiger partial charge in [0.15, 0.2) is 0 Å². The summed E-state index contributed by atoms with van der Waals surface area (Å²) in [5.74, 6) is 1.00. The molecule has 1 aromatic heterocycles. The summed E-state index contributed by atoms with van der Waals surface area (Å²) in [6, 6.07) is 3.42. The number of amides is 2. The Kier molecular flexibility index (Phi) is 3.11. The van der Waals surface area contributed by atoms with E-state index in [0.29, 0.717) is 11.7 Å². The summed E-state index contributed by atoms with van der Waals surface area (Å²) < 4.78 is 5.12. The topological polar surface area (TPSA) is 74.5 Å². The molecule has 2 rings (SSSR count). The highest BCUT2D eigenvalue weighted by molar-refractivity contribution is 5.74. The lowest BCUT2D eigenvalue weighted by Gasteiger charge is -2.21. The second-order valence-corrected chi connectivity index (χ2v) is 4.90. The van der Waals surface area contributed by atoms with E-state index in [4.69, 9.17) is 4.42 Å². The van der Waals surface area contributed by atoms with Crippen LogP contribution in [0.4, 0.5) is 4.79 Å². The third-order valence-electron chi connectivity index (χ3n) is 3.07. The highest BCUT2D eigenvalue weighted by Gasteiger charge is 2.34. The molecule has 0 aliphatic heterocycles. The molecule has 1 aliphatic carbocycles. The summed E-state index contributed by atoms with van der Waals surface area (Å²) in [7, 11) is 0. The zero-order valence-electron chi connectivity index (χ0n) is 10.1. The maximum atomic E-state index is 11.5. The van der Waals surface area contributed by atoms with Crippen molar-refractivity contribution in [3.05, 3.63) is 24.2 Å². The van der Waals surface area contributed by atoms with Crippen LogP contribution in [0.2, 0.25) is 0 Å². The molecule has 1 fully saturated rings. The highest BCUT2D eigenvalue weighted by Crippen LogP contribution is 2.28. The van der Waals surface area contributed by atoms with E-state index in [-0.39, 0.29) is 18.6 Å². The molecule has 17 heavy (non-hydrogen) atoms. The van der Waals surface area contributed by atoms with Gasteiger partial charge in [0, 0.05) is 6.04 Å². The van der Waals surface area contributed by atoms with Crippen molar-refractivity contribution in [1.29, 1.82) is 0 Å². The molecule has 3 N–H and O–H groups in total. The molecule has 1 aliphatic rings. The smallest absolute Gasteiger partial charge is 0.315 e. The molecule has 1 aromatic rings. The van der Waals surface area contributed by atoms with Crippen LogP contribution in [0, 0.1) is 5.92 Å². The molecule has 2 amide bonds. The summed E-state index contributed by atoms with van der Waals surface area (Å²) in [6.07, 6.45) is 2.53. The lowest BCUT2D eigenvalue weighted by atomic mass is 10.0. The maximum absolute atomic E-state index is 11.5. The van der Waals surface area contributed by atoms with Crippen LogP contribution in [0.1, 0.15) is 26.0 Å². The van der Waals surface area contributed by atoms with Crippen LogP contribution in [-0.2, 0) is 5.60 Å². The van der Waals surface area contributed by atoms with E-state index in [1.54, 1.807) is 19.1 Å². The molecular weight excluding hydrogens is 220 g/mol. The molecule has 1 saturated carbocycles. The fourth-order valence-corrected chi connectivity index (χ4v) is 1.67. The van der Waals surface area contributed by atoms with Gasteiger partial charge in [-0.05, 0) is 31.4 Å². The van der Waals surface area contributed by atoms with Gasteiger partial charge in [-0.3, -0.25) is 0 Å². The van der Waals surface area contributed by atoms with Crippen molar-refractivity contribution in [1.82, 2.24) is 10.6 Å². The van der Waals surface area contributed by atoms with E-state index in [1.165, 1.54) is 6.26 Å². The van der Waals surface area contributed by atoms with Gasteiger partial charge in [0.2, 0.25) is 0 Å². The van der Waals surface area contributed by atoms with Crippen molar-refractivity contribution in [3.63, 3.8) is 0 Å². The minimum atomic E-state index is -1.18. The van der Waals surface area contributed by atoms with Crippen LogP contribution in [0.15, 0.2) is 22.8 Å². The molecule has 0 saturated heterocycles. The van der Waals surface area contributed by atoms with Gasteiger partial charge in [-0.2, -0.15) is 0 Å². The fraction of sp³-hybridized carbons (Fsp3) is 0.583. The van der Waals surface area contributed by atoms with Crippen LogP contribution in [0.5, 0.6) is 0 Å². The van der Waals surface area contributed by atoms with Gasteiger partial charge in [0.05, 0.1) is 12.8 Å². The number of urea groups is 1. The van der Waals surface area contributed by atoms with Crippen LogP contribution in [0.3, 0.4) is 0 Å². The average Bonchev–Trinajstić information content (AvgIpc) is 2.78. The molecule has 0 radical (unpaired) electrons. The lowest BCUT2D eigenvalue weighted by Crippen LogP contribution is -2.44. The zero-order valence-corrected chi connectivity index (χ0v) is 10.1. The van der Waals surface area contributed by atoms with Gasteiger partial charge in [-0.15, -0.1) is 0 Å². The molecule has 94 valence electrons. The maximum Gasteiger partial charge on any atom is 0.315 e. The van der Waals surface area contributed by atoms with Crippen molar-refractivity contribution < 1.29 is 14.3 Å². The Morgan fingerprint density at radius 2 is 2.41 bits per heavy atom. The molecule has 0 bridgehead atoms. The Morgan fingerprint density at radius 1 is 1.71 bits per heavy atom. The van der Waals surface area contributed by atoms with E-state index >= 15 is 0 Å². The first kappa shape index (κ1) is 12.0. The van der Waals surface area contributed by atoms with Gasteiger partial charge in [-0.1, -0.05) is 6.92 Å². The standard InChI is InChI=1S/C12H18N2O3/c1-8-6-9(8)14-11(15)13-7-12(2,16)10-4-3-5-17-10/h3-5,8-9,16H,6-7H2,1-2H3,(H2,13,14,15). The SMILES string of the molecule is CC1CC1NC(=O)NCC(C)(O)c1ccco1. The van der Waals surface area contributed by atoms with Crippen LogP contribution < -0.4 is 10.6 Å². The molecule has 5 nitrogen and oxygen atoms in total.